The zero-order valence-corrected chi connectivity index (χ0v) is 15.2. The molecule has 0 bridgehead atoms. The van der Waals surface area contributed by atoms with Gasteiger partial charge in [0.25, 0.3) is 0 Å². The SMILES string of the molecule is COc1cccc(-c2ccc(Nc3ncc(Br)cc3C(=O)O)c(F)c2)c1. The fourth-order valence-electron chi connectivity index (χ4n) is 2.43. The first-order valence-electron chi connectivity index (χ1n) is 7.58. The van der Waals surface area contributed by atoms with Gasteiger partial charge in [0.05, 0.1) is 12.8 Å². The molecule has 0 unspecified atom stereocenters. The minimum atomic E-state index is -1.16. The third-order valence-corrected chi connectivity index (χ3v) is 4.14. The Morgan fingerprint density at radius 1 is 1.19 bits per heavy atom. The molecule has 26 heavy (non-hydrogen) atoms. The van der Waals surface area contributed by atoms with Gasteiger partial charge in [0.2, 0.25) is 0 Å². The molecule has 7 heteroatoms. The van der Waals surface area contributed by atoms with Crippen LogP contribution in [0.5, 0.6) is 5.75 Å². The maximum Gasteiger partial charge on any atom is 0.339 e. The standard InChI is InChI=1S/C19H14BrFN2O3/c1-26-14-4-2-3-11(7-14)12-5-6-17(16(21)8-12)23-18-15(19(24)25)9-13(20)10-22-18/h2-10H,1H3,(H,22,23)(H,24,25). The number of ether oxygens (including phenoxy) is 1. The van der Waals surface area contributed by atoms with Gasteiger partial charge in [-0.1, -0.05) is 18.2 Å². The van der Waals surface area contributed by atoms with Crippen molar-refractivity contribution in [2.75, 3.05) is 12.4 Å². The van der Waals surface area contributed by atoms with Gasteiger partial charge in [-0.25, -0.2) is 14.2 Å². The first-order valence-corrected chi connectivity index (χ1v) is 8.37. The number of aromatic carboxylic acids is 1. The lowest BCUT2D eigenvalue weighted by molar-refractivity contribution is 0.0697. The van der Waals surface area contributed by atoms with Crippen molar-refractivity contribution in [1.82, 2.24) is 4.98 Å². The summed E-state index contributed by atoms with van der Waals surface area (Å²) in [5, 5.41) is 12.0. The summed E-state index contributed by atoms with van der Waals surface area (Å²) in [5.41, 5.74) is 1.56. The number of nitrogens with zero attached hydrogens (tertiary/aromatic N) is 1. The number of pyridine rings is 1. The Labute approximate surface area is 157 Å². The molecule has 0 atom stereocenters. The summed E-state index contributed by atoms with van der Waals surface area (Å²) in [5.74, 6) is -0.940. The smallest absolute Gasteiger partial charge is 0.339 e. The minimum absolute atomic E-state index is 0.0596. The molecule has 1 aromatic heterocycles. The molecule has 0 fully saturated rings. The number of carboxylic acid groups (broad SMARTS) is 1. The van der Waals surface area contributed by atoms with E-state index in [0.29, 0.717) is 15.8 Å². The van der Waals surface area contributed by atoms with E-state index >= 15 is 0 Å². The number of hydrogen-bond donors (Lipinski definition) is 2. The van der Waals surface area contributed by atoms with Crippen molar-refractivity contribution < 1.29 is 19.0 Å². The highest BCUT2D eigenvalue weighted by Crippen LogP contribution is 2.29. The third-order valence-electron chi connectivity index (χ3n) is 3.71. The summed E-state index contributed by atoms with van der Waals surface area (Å²) in [6.45, 7) is 0. The second kappa shape index (κ2) is 7.53. The van der Waals surface area contributed by atoms with Crippen LogP contribution in [0.15, 0.2) is 59.2 Å². The summed E-state index contributed by atoms with van der Waals surface area (Å²) >= 11 is 3.17. The van der Waals surface area contributed by atoms with E-state index in [0.717, 1.165) is 5.56 Å². The van der Waals surface area contributed by atoms with Crippen molar-refractivity contribution in [2.24, 2.45) is 0 Å². The lowest BCUT2D eigenvalue weighted by Gasteiger charge is -2.11. The van der Waals surface area contributed by atoms with Gasteiger partial charge in [0.15, 0.2) is 0 Å². The van der Waals surface area contributed by atoms with Gasteiger partial charge in [-0.3, -0.25) is 0 Å². The number of carbonyl (C=O) groups is 1. The van der Waals surface area contributed by atoms with Crippen LogP contribution in [-0.4, -0.2) is 23.2 Å². The quantitative estimate of drug-likeness (QED) is 0.605. The van der Waals surface area contributed by atoms with Gasteiger partial charge in [-0.05, 0) is 57.4 Å². The molecule has 0 amide bonds. The number of rotatable bonds is 5. The van der Waals surface area contributed by atoms with Crippen molar-refractivity contribution in [1.29, 1.82) is 0 Å². The van der Waals surface area contributed by atoms with E-state index in [1.807, 2.05) is 18.2 Å². The number of nitrogens with one attached hydrogen (secondary N) is 1. The largest absolute Gasteiger partial charge is 0.497 e. The van der Waals surface area contributed by atoms with Crippen molar-refractivity contribution in [2.45, 2.75) is 0 Å². The molecule has 0 spiro atoms. The van der Waals surface area contributed by atoms with Crippen LogP contribution in [0, 0.1) is 5.82 Å². The van der Waals surface area contributed by atoms with Gasteiger partial charge < -0.3 is 15.2 Å². The fourth-order valence-corrected chi connectivity index (χ4v) is 2.76. The van der Waals surface area contributed by atoms with E-state index in [-0.39, 0.29) is 17.1 Å². The first-order chi connectivity index (χ1) is 12.5. The predicted molar refractivity (Wildman–Crippen MR) is 101 cm³/mol. The van der Waals surface area contributed by atoms with Gasteiger partial charge in [-0.2, -0.15) is 0 Å². The number of methoxy groups -OCH3 is 1. The van der Waals surface area contributed by atoms with E-state index in [1.54, 1.807) is 25.3 Å². The summed E-state index contributed by atoms with van der Waals surface area (Å²) < 4.78 is 20.2. The highest BCUT2D eigenvalue weighted by molar-refractivity contribution is 9.10. The van der Waals surface area contributed by atoms with Crippen LogP contribution in [0.3, 0.4) is 0 Å². The van der Waals surface area contributed by atoms with Crippen LogP contribution in [0.2, 0.25) is 0 Å². The normalized spacial score (nSPS) is 10.4. The Hall–Kier alpha value is -2.93. The topological polar surface area (TPSA) is 71.5 Å². The molecule has 132 valence electrons. The first kappa shape index (κ1) is 17.9. The molecular formula is C19H14BrFN2O3. The Morgan fingerprint density at radius 2 is 1.96 bits per heavy atom. The summed E-state index contributed by atoms with van der Waals surface area (Å²) in [6.07, 6.45) is 1.44. The molecule has 3 aromatic rings. The van der Waals surface area contributed by atoms with Crippen molar-refractivity contribution in [3.63, 3.8) is 0 Å². The maximum atomic E-state index is 14.5. The molecule has 0 aliphatic carbocycles. The van der Waals surface area contributed by atoms with Crippen LogP contribution < -0.4 is 10.1 Å². The van der Waals surface area contributed by atoms with Crippen LogP contribution in [0.1, 0.15) is 10.4 Å². The average Bonchev–Trinajstić information content (AvgIpc) is 2.64. The average molecular weight is 417 g/mol. The molecule has 0 radical (unpaired) electrons. The lowest BCUT2D eigenvalue weighted by atomic mass is 10.0. The second-order valence-electron chi connectivity index (χ2n) is 5.41. The molecule has 2 N–H and O–H groups in total. The van der Waals surface area contributed by atoms with Gasteiger partial charge in [0, 0.05) is 10.7 Å². The number of anilines is 2. The fraction of sp³-hybridized carbons (Fsp3) is 0.0526. The molecule has 1 heterocycles. The predicted octanol–water partition coefficient (Wildman–Crippen LogP) is 5.10. The van der Waals surface area contributed by atoms with Crippen molar-refractivity contribution in [3.05, 3.63) is 70.6 Å². The van der Waals surface area contributed by atoms with E-state index < -0.39 is 11.8 Å². The highest BCUT2D eigenvalue weighted by Gasteiger charge is 2.14. The van der Waals surface area contributed by atoms with Gasteiger partial charge in [-0.15, -0.1) is 0 Å². The van der Waals surface area contributed by atoms with Gasteiger partial charge in [0.1, 0.15) is 22.9 Å². The highest BCUT2D eigenvalue weighted by atomic mass is 79.9. The van der Waals surface area contributed by atoms with Gasteiger partial charge >= 0.3 is 5.97 Å². The molecule has 5 nitrogen and oxygen atoms in total. The van der Waals surface area contributed by atoms with E-state index in [4.69, 9.17) is 4.74 Å². The Kier molecular flexibility index (Phi) is 5.18. The number of carboxylic acids is 1. The van der Waals surface area contributed by atoms with E-state index in [1.165, 1.54) is 18.3 Å². The molecule has 0 aliphatic heterocycles. The lowest BCUT2D eigenvalue weighted by Crippen LogP contribution is -2.05. The minimum Gasteiger partial charge on any atom is -0.497 e. The number of hydrogen-bond acceptors (Lipinski definition) is 4. The summed E-state index contributed by atoms with van der Waals surface area (Å²) in [7, 11) is 1.57. The summed E-state index contributed by atoms with van der Waals surface area (Å²) in [6, 6.07) is 13.3. The van der Waals surface area contributed by atoms with Crippen molar-refractivity contribution >= 4 is 33.4 Å². The van der Waals surface area contributed by atoms with E-state index in [2.05, 4.69) is 26.2 Å². The van der Waals surface area contributed by atoms with Crippen LogP contribution in [-0.2, 0) is 0 Å². The Morgan fingerprint density at radius 3 is 2.65 bits per heavy atom. The zero-order chi connectivity index (χ0) is 18.7. The Balaban J connectivity index is 1.93. The molecule has 0 aliphatic rings. The third kappa shape index (κ3) is 3.83. The number of halogens is 2. The van der Waals surface area contributed by atoms with Crippen molar-refractivity contribution in [3.8, 4) is 16.9 Å². The Bertz CT molecular complexity index is 979. The monoisotopic (exact) mass is 416 g/mol. The molecule has 0 saturated carbocycles. The summed E-state index contributed by atoms with van der Waals surface area (Å²) in [4.78, 5) is 15.4. The maximum absolute atomic E-state index is 14.5. The van der Waals surface area contributed by atoms with E-state index in [9.17, 15) is 14.3 Å². The molecule has 0 saturated heterocycles. The second-order valence-corrected chi connectivity index (χ2v) is 6.32. The van der Waals surface area contributed by atoms with Crippen LogP contribution >= 0.6 is 15.9 Å². The zero-order valence-electron chi connectivity index (χ0n) is 13.7. The molecule has 2 aromatic carbocycles. The molecular weight excluding hydrogens is 403 g/mol. The number of benzene rings is 2. The number of aromatic nitrogens is 1. The molecule has 3 rings (SSSR count). The van der Waals surface area contributed by atoms with Crippen LogP contribution in [0.25, 0.3) is 11.1 Å². The van der Waals surface area contributed by atoms with Crippen LogP contribution in [0.4, 0.5) is 15.9 Å².